The van der Waals surface area contributed by atoms with Crippen LogP contribution in [-0.2, 0) is 14.3 Å². The van der Waals surface area contributed by atoms with Crippen LogP contribution in [0.3, 0.4) is 0 Å². The molecule has 0 spiro atoms. The Morgan fingerprint density at radius 3 is 2.43 bits per heavy atom. The van der Waals surface area contributed by atoms with Crippen molar-refractivity contribution in [2.75, 3.05) is 19.0 Å². The predicted molar refractivity (Wildman–Crippen MR) is 166 cm³/mol. The number of allylic oxidation sites excluding steroid dienone is 1. The van der Waals surface area contributed by atoms with Gasteiger partial charge in [-0.05, 0) is 89.3 Å². The third-order valence-electron chi connectivity index (χ3n) is 6.95. The van der Waals surface area contributed by atoms with Crippen molar-refractivity contribution in [2.24, 2.45) is 4.99 Å². The number of carbonyl (C=O) groups is 2. The summed E-state index contributed by atoms with van der Waals surface area (Å²) in [4.78, 5) is 44.0. The Balaban J connectivity index is 1.37. The molecule has 8 nitrogen and oxygen atoms in total. The maximum absolute atomic E-state index is 13.7. The summed E-state index contributed by atoms with van der Waals surface area (Å²) < 4.78 is 13.6. The summed E-state index contributed by atoms with van der Waals surface area (Å²) in [6.07, 6.45) is 1.77. The minimum absolute atomic E-state index is 0.154. The first-order valence-electron chi connectivity index (χ1n) is 13.1. The van der Waals surface area contributed by atoms with Gasteiger partial charge >= 0.3 is 5.97 Å². The molecule has 1 aliphatic rings. The second-order valence-electron chi connectivity index (χ2n) is 9.81. The van der Waals surface area contributed by atoms with Gasteiger partial charge in [-0.3, -0.25) is 14.2 Å². The Labute approximate surface area is 254 Å². The van der Waals surface area contributed by atoms with Crippen LogP contribution >= 0.6 is 27.3 Å². The van der Waals surface area contributed by atoms with Gasteiger partial charge < -0.3 is 14.8 Å². The normalized spacial score (nSPS) is 14.7. The van der Waals surface area contributed by atoms with E-state index in [9.17, 15) is 14.4 Å². The number of benzene rings is 3. The zero-order valence-corrected chi connectivity index (χ0v) is 25.8. The fourth-order valence-corrected chi connectivity index (χ4v) is 6.27. The smallest absolute Gasteiger partial charge is 0.338 e. The van der Waals surface area contributed by atoms with Gasteiger partial charge in [0.15, 0.2) is 11.4 Å². The number of anilines is 1. The van der Waals surface area contributed by atoms with Crippen LogP contribution in [0, 0.1) is 13.8 Å². The van der Waals surface area contributed by atoms with E-state index >= 15 is 0 Å². The van der Waals surface area contributed by atoms with Crippen LogP contribution in [0.15, 0.2) is 92.3 Å². The van der Waals surface area contributed by atoms with Crippen LogP contribution in [0.1, 0.15) is 35.2 Å². The van der Waals surface area contributed by atoms with E-state index in [0.29, 0.717) is 32.0 Å². The van der Waals surface area contributed by atoms with Crippen molar-refractivity contribution in [1.29, 1.82) is 0 Å². The van der Waals surface area contributed by atoms with Crippen molar-refractivity contribution in [3.63, 3.8) is 0 Å². The number of hydrogen-bond donors (Lipinski definition) is 1. The van der Waals surface area contributed by atoms with E-state index in [4.69, 9.17) is 9.47 Å². The lowest BCUT2D eigenvalue weighted by molar-refractivity contribution is -0.136. The molecule has 0 saturated carbocycles. The first-order valence-corrected chi connectivity index (χ1v) is 14.7. The molecule has 1 N–H and O–H groups in total. The molecule has 214 valence electrons. The zero-order valence-electron chi connectivity index (χ0n) is 23.4. The van der Waals surface area contributed by atoms with Crippen LogP contribution in [0.25, 0.3) is 6.08 Å². The van der Waals surface area contributed by atoms with Crippen molar-refractivity contribution in [3.05, 3.63) is 124 Å². The zero-order chi connectivity index (χ0) is 30.0. The highest BCUT2D eigenvalue weighted by atomic mass is 79.9. The molecule has 1 unspecified atom stereocenters. The van der Waals surface area contributed by atoms with Gasteiger partial charge in [-0.1, -0.05) is 53.8 Å². The highest BCUT2D eigenvalue weighted by molar-refractivity contribution is 9.10. The summed E-state index contributed by atoms with van der Waals surface area (Å²) in [7, 11) is 1.32. The van der Waals surface area contributed by atoms with Crippen LogP contribution in [-0.4, -0.2) is 30.2 Å². The molecule has 3 aromatic carbocycles. The summed E-state index contributed by atoms with van der Waals surface area (Å²) in [6, 6.07) is 19.7. The Morgan fingerprint density at radius 2 is 1.74 bits per heavy atom. The number of hydrogen-bond acceptors (Lipinski definition) is 7. The van der Waals surface area contributed by atoms with E-state index in [2.05, 4.69) is 26.2 Å². The van der Waals surface area contributed by atoms with Crippen molar-refractivity contribution < 1.29 is 19.1 Å². The van der Waals surface area contributed by atoms with Gasteiger partial charge in [-0.25, -0.2) is 9.79 Å². The minimum atomic E-state index is -0.650. The number of esters is 1. The molecule has 0 aliphatic carbocycles. The molecule has 5 rings (SSSR count). The van der Waals surface area contributed by atoms with Crippen molar-refractivity contribution >= 4 is 50.9 Å². The molecule has 0 radical (unpaired) electrons. The number of amides is 1. The Hall–Kier alpha value is -4.28. The maximum Gasteiger partial charge on any atom is 0.338 e. The van der Waals surface area contributed by atoms with Crippen LogP contribution in [0.5, 0.6) is 5.75 Å². The molecule has 10 heteroatoms. The van der Waals surface area contributed by atoms with E-state index in [0.717, 1.165) is 26.7 Å². The molecule has 42 heavy (non-hydrogen) atoms. The minimum Gasteiger partial charge on any atom is -0.484 e. The molecule has 1 aliphatic heterocycles. The average molecular weight is 647 g/mol. The maximum atomic E-state index is 13.7. The SMILES string of the molecule is COC(=O)C1=C(C)N=c2sc(=Cc3ccc(OCC(=O)Nc4cc(C)c(C)cc4Br)cc3)c(=O)n2C1c1ccccc1. The second kappa shape index (κ2) is 12.3. The van der Waals surface area contributed by atoms with Gasteiger partial charge in [0.25, 0.3) is 11.5 Å². The van der Waals surface area contributed by atoms with Gasteiger partial charge in [-0.15, -0.1) is 0 Å². The molecule has 0 bridgehead atoms. The standard InChI is InChI=1S/C32H28BrN3O5S/c1-18-14-24(33)25(15-19(18)2)35-27(37)17-41-23-12-10-21(11-13-23)16-26-30(38)36-29(22-8-6-5-7-9-22)28(31(39)40-4)20(3)34-32(36)42-26/h5-16,29H,17H2,1-4H3,(H,35,37). The number of ether oxygens (including phenoxy) is 2. The Morgan fingerprint density at radius 1 is 1.05 bits per heavy atom. The topological polar surface area (TPSA) is 99.0 Å². The second-order valence-corrected chi connectivity index (χ2v) is 11.7. The lowest BCUT2D eigenvalue weighted by Gasteiger charge is -2.24. The highest BCUT2D eigenvalue weighted by Gasteiger charge is 2.32. The molecule has 2 heterocycles. The summed E-state index contributed by atoms with van der Waals surface area (Å²) >= 11 is 4.74. The van der Waals surface area contributed by atoms with E-state index < -0.39 is 12.0 Å². The van der Waals surface area contributed by atoms with E-state index in [1.54, 1.807) is 29.7 Å². The van der Waals surface area contributed by atoms with Gasteiger partial charge in [0.05, 0.1) is 34.6 Å². The molecule has 4 aromatic rings. The number of methoxy groups -OCH3 is 1. The van der Waals surface area contributed by atoms with Gasteiger partial charge in [0.2, 0.25) is 0 Å². The van der Waals surface area contributed by atoms with Gasteiger partial charge in [0.1, 0.15) is 5.75 Å². The number of halogens is 1. The van der Waals surface area contributed by atoms with Crippen molar-refractivity contribution in [1.82, 2.24) is 4.57 Å². The molecular formula is C32H28BrN3O5S. The third-order valence-corrected chi connectivity index (χ3v) is 8.59. The first-order chi connectivity index (χ1) is 20.2. The Bertz CT molecular complexity index is 1890. The van der Waals surface area contributed by atoms with Crippen LogP contribution in [0.4, 0.5) is 5.69 Å². The molecule has 0 saturated heterocycles. The number of carbonyl (C=O) groups excluding carboxylic acids is 2. The molecule has 1 atom stereocenters. The van der Waals surface area contributed by atoms with Gasteiger partial charge in [-0.2, -0.15) is 0 Å². The molecule has 1 amide bonds. The van der Waals surface area contributed by atoms with Gasteiger partial charge in [0, 0.05) is 4.47 Å². The Kier molecular flexibility index (Phi) is 8.56. The average Bonchev–Trinajstić information content (AvgIpc) is 3.28. The van der Waals surface area contributed by atoms with Crippen LogP contribution < -0.4 is 24.9 Å². The number of aryl methyl sites for hydroxylation is 2. The van der Waals surface area contributed by atoms with Crippen LogP contribution in [0.2, 0.25) is 0 Å². The van der Waals surface area contributed by atoms with Crippen molar-refractivity contribution in [2.45, 2.75) is 26.8 Å². The summed E-state index contributed by atoms with van der Waals surface area (Å²) in [5.74, 6) is -0.283. The largest absolute Gasteiger partial charge is 0.484 e. The van der Waals surface area contributed by atoms with E-state index in [1.807, 2.05) is 68.4 Å². The fraction of sp³-hybridized carbons (Fsp3) is 0.188. The van der Waals surface area contributed by atoms with E-state index in [-0.39, 0.29) is 18.1 Å². The monoisotopic (exact) mass is 645 g/mol. The summed E-state index contributed by atoms with van der Waals surface area (Å²) in [5, 5.41) is 2.86. The first kappa shape index (κ1) is 29.2. The fourth-order valence-electron chi connectivity index (χ4n) is 4.67. The number of aromatic nitrogens is 1. The lowest BCUT2D eigenvalue weighted by Crippen LogP contribution is -2.39. The van der Waals surface area contributed by atoms with E-state index in [1.165, 1.54) is 18.4 Å². The third kappa shape index (κ3) is 6.00. The molecular weight excluding hydrogens is 618 g/mol. The summed E-state index contributed by atoms with van der Waals surface area (Å²) in [6.45, 7) is 5.59. The quantitative estimate of drug-likeness (QED) is 0.291. The number of thiazole rings is 1. The number of fused-ring (bicyclic) bond motifs is 1. The number of rotatable bonds is 7. The lowest BCUT2D eigenvalue weighted by atomic mass is 9.96. The van der Waals surface area contributed by atoms with Crippen molar-refractivity contribution in [3.8, 4) is 5.75 Å². The number of nitrogens with one attached hydrogen (secondary N) is 1. The molecule has 0 fully saturated rings. The highest BCUT2D eigenvalue weighted by Crippen LogP contribution is 2.30. The predicted octanol–water partition coefficient (Wildman–Crippen LogP) is 4.81. The summed E-state index contributed by atoms with van der Waals surface area (Å²) in [5.41, 5.74) is 5.04. The number of nitrogens with zero attached hydrogens (tertiary/aromatic N) is 2. The molecule has 1 aromatic heterocycles.